The molecule has 1 saturated carbocycles. The van der Waals surface area contributed by atoms with Gasteiger partial charge in [-0.15, -0.1) is 0 Å². The van der Waals surface area contributed by atoms with Gasteiger partial charge in [0.05, 0.1) is 6.04 Å². The standard InChI is InChI=1S/C12H15N3/c1-9-3-4-10(2)15(9)12-7-8-14(13-12)11-5-6-11/h3-4,7-8,11H,5-6H2,1-2H3. The topological polar surface area (TPSA) is 22.8 Å². The molecule has 0 saturated heterocycles. The van der Waals surface area contributed by atoms with Gasteiger partial charge in [0.15, 0.2) is 5.82 Å². The molecule has 2 heterocycles. The summed E-state index contributed by atoms with van der Waals surface area (Å²) < 4.78 is 4.28. The molecule has 3 heteroatoms. The number of aromatic nitrogens is 3. The van der Waals surface area contributed by atoms with Gasteiger partial charge in [0, 0.05) is 23.7 Å². The molecule has 0 unspecified atom stereocenters. The highest BCUT2D eigenvalue weighted by Gasteiger charge is 2.24. The Morgan fingerprint density at radius 1 is 1.13 bits per heavy atom. The molecule has 0 aromatic carbocycles. The van der Waals surface area contributed by atoms with Crippen molar-refractivity contribution in [1.29, 1.82) is 0 Å². The third-order valence-corrected chi connectivity index (χ3v) is 3.02. The average Bonchev–Trinajstić information content (AvgIpc) is 2.87. The minimum absolute atomic E-state index is 0.662. The Morgan fingerprint density at radius 2 is 1.80 bits per heavy atom. The van der Waals surface area contributed by atoms with E-state index in [1.807, 2.05) is 0 Å². The van der Waals surface area contributed by atoms with E-state index in [0.717, 1.165) is 5.82 Å². The minimum atomic E-state index is 0.662. The van der Waals surface area contributed by atoms with Crippen LogP contribution < -0.4 is 0 Å². The molecule has 0 bridgehead atoms. The molecule has 0 amide bonds. The zero-order chi connectivity index (χ0) is 10.4. The number of aryl methyl sites for hydroxylation is 2. The molecule has 2 aromatic heterocycles. The van der Waals surface area contributed by atoms with Crippen molar-refractivity contribution in [3.05, 3.63) is 35.8 Å². The zero-order valence-corrected chi connectivity index (χ0v) is 9.14. The highest BCUT2D eigenvalue weighted by molar-refractivity contribution is 5.30. The third kappa shape index (κ3) is 1.39. The molecule has 15 heavy (non-hydrogen) atoms. The molecule has 2 aromatic rings. The van der Waals surface area contributed by atoms with E-state index in [-0.39, 0.29) is 0 Å². The molecule has 0 aliphatic heterocycles. The van der Waals surface area contributed by atoms with Crippen LogP contribution in [0.25, 0.3) is 5.82 Å². The lowest BCUT2D eigenvalue weighted by molar-refractivity contribution is 0.633. The number of hydrogen-bond acceptors (Lipinski definition) is 1. The SMILES string of the molecule is Cc1ccc(C)n1-c1ccn(C2CC2)n1. The molecule has 1 aliphatic carbocycles. The Bertz CT molecular complexity index is 469. The van der Waals surface area contributed by atoms with Crippen molar-refractivity contribution in [2.24, 2.45) is 0 Å². The summed E-state index contributed by atoms with van der Waals surface area (Å²) in [6.45, 7) is 4.23. The molecule has 0 N–H and O–H groups in total. The van der Waals surface area contributed by atoms with Gasteiger partial charge in [-0.1, -0.05) is 0 Å². The summed E-state index contributed by atoms with van der Waals surface area (Å²) in [5.74, 6) is 1.04. The summed E-state index contributed by atoms with van der Waals surface area (Å²) >= 11 is 0. The molecule has 0 spiro atoms. The first-order valence-electron chi connectivity index (χ1n) is 5.46. The second-order valence-corrected chi connectivity index (χ2v) is 4.34. The van der Waals surface area contributed by atoms with Crippen molar-refractivity contribution in [1.82, 2.24) is 14.3 Å². The van der Waals surface area contributed by atoms with Crippen molar-refractivity contribution in [3.63, 3.8) is 0 Å². The van der Waals surface area contributed by atoms with Crippen LogP contribution in [0.4, 0.5) is 0 Å². The number of rotatable bonds is 2. The molecular weight excluding hydrogens is 186 g/mol. The summed E-state index contributed by atoms with van der Waals surface area (Å²) in [7, 11) is 0. The van der Waals surface area contributed by atoms with Crippen LogP contribution in [0.1, 0.15) is 30.3 Å². The van der Waals surface area contributed by atoms with Crippen LogP contribution in [-0.4, -0.2) is 14.3 Å². The maximum Gasteiger partial charge on any atom is 0.159 e. The van der Waals surface area contributed by atoms with Gasteiger partial charge < -0.3 is 4.57 Å². The van der Waals surface area contributed by atoms with Gasteiger partial charge in [-0.25, -0.2) is 0 Å². The summed E-state index contributed by atoms with van der Waals surface area (Å²) in [5, 5.41) is 4.62. The fourth-order valence-electron chi connectivity index (χ4n) is 2.02. The molecular formula is C12H15N3. The molecule has 3 nitrogen and oxygen atoms in total. The lowest BCUT2D eigenvalue weighted by Gasteiger charge is -2.04. The highest BCUT2D eigenvalue weighted by atomic mass is 15.3. The normalized spacial score (nSPS) is 15.9. The number of hydrogen-bond donors (Lipinski definition) is 0. The quantitative estimate of drug-likeness (QED) is 0.732. The van der Waals surface area contributed by atoms with Crippen molar-refractivity contribution < 1.29 is 0 Å². The highest BCUT2D eigenvalue weighted by Crippen LogP contribution is 2.34. The first kappa shape index (κ1) is 8.77. The van der Waals surface area contributed by atoms with Crippen LogP contribution in [0.3, 0.4) is 0 Å². The predicted octanol–water partition coefficient (Wildman–Crippen LogP) is 2.63. The van der Waals surface area contributed by atoms with Crippen molar-refractivity contribution in [3.8, 4) is 5.82 Å². The van der Waals surface area contributed by atoms with Gasteiger partial charge in [0.2, 0.25) is 0 Å². The van der Waals surface area contributed by atoms with Gasteiger partial charge in [0.25, 0.3) is 0 Å². The van der Waals surface area contributed by atoms with E-state index >= 15 is 0 Å². The van der Waals surface area contributed by atoms with Gasteiger partial charge in [-0.3, -0.25) is 4.68 Å². The first-order chi connectivity index (χ1) is 7.25. The molecule has 78 valence electrons. The van der Waals surface area contributed by atoms with E-state index < -0.39 is 0 Å². The summed E-state index contributed by atoms with van der Waals surface area (Å²) in [6.07, 6.45) is 4.65. The van der Waals surface area contributed by atoms with Gasteiger partial charge in [-0.05, 0) is 38.8 Å². The van der Waals surface area contributed by atoms with Crippen LogP contribution in [0.5, 0.6) is 0 Å². The summed E-state index contributed by atoms with van der Waals surface area (Å²) in [5.41, 5.74) is 2.49. The largest absolute Gasteiger partial charge is 0.302 e. The monoisotopic (exact) mass is 201 g/mol. The number of nitrogens with zero attached hydrogens (tertiary/aromatic N) is 3. The Labute approximate surface area is 89.3 Å². The molecule has 3 rings (SSSR count). The van der Waals surface area contributed by atoms with E-state index in [2.05, 4.69) is 52.6 Å². The minimum Gasteiger partial charge on any atom is -0.302 e. The van der Waals surface area contributed by atoms with E-state index in [9.17, 15) is 0 Å². The average molecular weight is 201 g/mol. The maximum atomic E-state index is 4.62. The van der Waals surface area contributed by atoms with Gasteiger partial charge in [0.1, 0.15) is 0 Å². The predicted molar refractivity (Wildman–Crippen MR) is 59.3 cm³/mol. The van der Waals surface area contributed by atoms with Crippen molar-refractivity contribution in [2.45, 2.75) is 32.7 Å². The first-order valence-corrected chi connectivity index (χ1v) is 5.46. The van der Waals surface area contributed by atoms with Crippen LogP contribution in [-0.2, 0) is 0 Å². The lowest BCUT2D eigenvalue weighted by atomic mass is 10.5. The van der Waals surface area contributed by atoms with E-state index in [1.54, 1.807) is 0 Å². The molecule has 1 fully saturated rings. The van der Waals surface area contributed by atoms with Gasteiger partial charge >= 0.3 is 0 Å². The summed E-state index contributed by atoms with van der Waals surface area (Å²) in [6, 6.07) is 7.02. The molecule has 1 aliphatic rings. The van der Waals surface area contributed by atoms with Crippen LogP contribution in [0.2, 0.25) is 0 Å². The third-order valence-electron chi connectivity index (χ3n) is 3.02. The smallest absolute Gasteiger partial charge is 0.159 e. The zero-order valence-electron chi connectivity index (χ0n) is 9.14. The van der Waals surface area contributed by atoms with Crippen LogP contribution >= 0.6 is 0 Å². The maximum absolute atomic E-state index is 4.62. The second-order valence-electron chi connectivity index (χ2n) is 4.34. The second kappa shape index (κ2) is 2.99. The Balaban J connectivity index is 2.04. The Kier molecular flexibility index (Phi) is 1.75. The summed E-state index contributed by atoms with van der Waals surface area (Å²) in [4.78, 5) is 0. The van der Waals surface area contributed by atoms with Crippen molar-refractivity contribution in [2.75, 3.05) is 0 Å². The Morgan fingerprint density at radius 3 is 2.40 bits per heavy atom. The van der Waals surface area contributed by atoms with Crippen LogP contribution in [0.15, 0.2) is 24.4 Å². The van der Waals surface area contributed by atoms with E-state index in [1.165, 1.54) is 24.2 Å². The van der Waals surface area contributed by atoms with Crippen LogP contribution in [0, 0.1) is 13.8 Å². The van der Waals surface area contributed by atoms with Crippen molar-refractivity contribution >= 4 is 0 Å². The van der Waals surface area contributed by atoms with E-state index in [0.29, 0.717) is 6.04 Å². The van der Waals surface area contributed by atoms with Gasteiger partial charge in [-0.2, -0.15) is 5.10 Å². The van der Waals surface area contributed by atoms with E-state index in [4.69, 9.17) is 0 Å². The fourth-order valence-corrected chi connectivity index (χ4v) is 2.02. The molecule has 0 atom stereocenters. The molecule has 0 radical (unpaired) electrons. The lowest BCUT2D eigenvalue weighted by Crippen LogP contribution is -2.01. The fraction of sp³-hybridized carbons (Fsp3) is 0.417. The Hall–Kier alpha value is -1.51.